The number of alkyl halides is 3. The van der Waals surface area contributed by atoms with Crippen molar-refractivity contribution in [3.63, 3.8) is 0 Å². The van der Waals surface area contributed by atoms with Crippen LogP contribution < -0.4 is 15.0 Å². The van der Waals surface area contributed by atoms with E-state index in [4.69, 9.17) is 13.9 Å². The number of nitrogens with zero attached hydrogens (tertiary/aromatic N) is 2. The molecule has 6 rings (SSSR count). The summed E-state index contributed by atoms with van der Waals surface area (Å²) < 4.78 is 84.9. The number of anilines is 2. The van der Waals surface area contributed by atoms with E-state index in [9.17, 15) is 26.7 Å². The maximum absolute atomic E-state index is 14.6. The topological polar surface area (TPSA) is 76.8 Å². The van der Waals surface area contributed by atoms with Crippen molar-refractivity contribution in [2.24, 2.45) is 17.3 Å². The van der Waals surface area contributed by atoms with E-state index in [1.165, 1.54) is 0 Å². The molecule has 2 aliphatic heterocycles. The van der Waals surface area contributed by atoms with Gasteiger partial charge in [0.05, 0.1) is 12.7 Å². The molecule has 1 aromatic heterocycles. The second kappa shape index (κ2) is 8.32. The molecule has 2 aromatic rings. The van der Waals surface area contributed by atoms with Crippen LogP contribution in [0.15, 0.2) is 16.5 Å². The number of oxazole rings is 1. The van der Waals surface area contributed by atoms with Gasteiger partial charge in [-0.1, -0.05) is 0 Å². The second-order valence-electron chi connectivity index (χ2n) is 10.4. The first-order chi connectivity index (χ1) is 17.1. The van der Waals surface area contributed by atoms with Gasteiger partial charge < -0.3 is 24.1 Å². The van der Waals surface area contributed by atoms with Gasteiger partial charge in [-0.25, -0.2) is 8.78 Å². The smallest absolute Gasteiger partial charge is 0.396 e. The van der Waals surface area contributed by atoms with Crippen molar-refractivity contribution in [1.82, 2.24) is 4.98 Å². The van der Waals surface area contributed by atoms with Gasteiger partial charge in [0.2, 0.25) is 0 Å². The Morgan fingerprint density at radius 1 is 1.17 bits per heavy atom. The zero-order chi connectivity index (χ0) is 25.2. The number of fused-ring (bicyclic) bond motifs is 1. The van der Waals surface area contributed by atoms with Gasteiger partial charge in [-0.05, 0) is 37.5 Å². The Bertz CT molecular complexity index is 1150. The lowest BCUT2D eigenvalue weighted by Gasteiger charge is -2.46. The highest BCUT2D eigenvalue weighted by atomic mass is 19.4. The van der Waals surface area contributed by atoms with Crippen molar-refractivity contribution in [3.8, 4) is 5.75 Å². The van der Waals surface area contributed by atoms with E-state index >= 15 is 0 Å². The molecule has 194 valence electrons. The lowest BCUT2D eigenvalue weighted by molar-refractivity contribution is -0.130. The number of aromatic nitrogens is 1. The molecule has 1 aromatic carbocycles. The van der Waals surface area contributed by atoms with Crippen LogP contribution in [0.25, 0.3) is 0 Å². The van der Waals surface area contributed by atoms with Gasteiger partial charge in [0.25, 0.3) is 11.9 Å². The van der Waals surface area contributed by atoms with Crippen LogP contribution in [0.2, 0.25) is 0 Å². The minimum atomic E-state index is -4.65. The highest BCUT2D eigenvalue weighted by Gasteiger charge is 2.48. The molecule has 2 saturated carbocycles. The molecule has 0 bridgehead atoms. The van der Waals surface area contributed by atoms with Crippen LogP contribution in [0.4, 0.5) is 33.7 Å². The minimum absolute atomic E-state index is 0.0844. The summed E-state index contributed by atoms with van der Waals surface area (Å²) in [5.41, 5.74) is -0.943. The van der Waals surface area contributed by atoms with E-state index in [2.05, 4.69) is 10.3 Å². The predicted molar refractivity (Wildman–Crippen MR) is 116 cm³/mol. The van der Waals surface area contributed by atoms with Crippen molar-refractivity contribution in [1.29, 1.82) is 0 Å². The molecular formula is C24H24F5N3O4. The number of carbonyl (C=O) groups is 1. The van der Waals surface area contributed by atoms with E-state index in [0.29, 0.717) is 38.1 Å². The molecule has 1 N–H and O–H groups in total. The number of hydrogen-bond acceptors (Lipinski definition) is 6. The third-order valence-corrected chi connectivity index (χ3v) is 7.51. The first-order valence-corrected chi connectivity index (χ1v) is 11.9. The standard InChI is InChI=1S/C24H24F5N3O4/c25-16-6-14(7-17(26)20(16)35-15-4-12-3-13(12)5-15)30-21(33)19-18(8-24(27,28)29)36-22(31-19)32-9-23(10-32)1-2-34-11-23/h6-7,12-13,15H,1-5,8-11H2,(H,30,33). The predicted octanol–water partition coefficient (Wildman–Crippen LogP) is 4.71. The lowest BCUT2D eigenvalue weighted by atomic mass is 9.80. The van der Waals surface area contributed by atoms with Crippen molar-refractivity contribution in [2.45, 2.75) is 44.4 Å². The number of rotatable bonds is 6. The Labute approximate surface area is 202 Å². The molecule has 4 aliphatic rings. The van der Waals surface area contributed by atoms with Crippen molar-refractivity contribution < 1.29 is 40.6 Å². The van der Waals surface area contributed by atoms with Gasteiger partial charge in [0, 0.05) is 42.9 Å². The lowest BCUT2D eigenvalue weighted by Crippen LogP contribution is -2.57. The zero-order valence-corrected chi connectivity index (χ0v) is 19.2. The molecule has 2 aliphatic carbocycles. The summed E-state index contributed by atoms with van der Waals surface area (Å²) in [5, 5.41) is 2.24. The summed E-state index contributed by atoms with van der Waals surface area (Å²) in [6, 6.07) is 1.64. The average molecular weight is 513 g/mol. The summed E-state index contributed by atoms with van der Waals surface area (Å²) in [4.78, 5) is 18.5. The molecule has 4 fully saturated rings. The van der Waals surface area contributed by atoms with Gasteiger partial charge >= 0.3 is 6.18 Å². The number of halogens is 5. The van der Waals surface area contributed by atoms with Crippen LogP contribution in [-0.4, -0.2) is 49.5 Å². The largest absolute Gasteiger partial charge is 0.484 e. The van der Waals surface area contributed by atoms with Crippen LogP contribution in [0.1, 0.15) is 41.9 Å². The average Bonchev–Trinajstić information content (AvgIpc) is 3.15. The highest BCUT2D eigenvalue weighted by molar-refractivity contribution is 6.03. The Kier molecular flexibility index (Phi) is 5.43. The van der Waals surface area contributed by atoms with Crippen LogP contribution in [0.5, 0.6) is 5.75 Å². The quantitative estimate of drug-likeness (QED) is 0.564. The van der Waals surface area contributed by atoms with E-state index in [1.54, 1.807) is 4.90 Å². The van der Waals surface area contributed by atoms with Crippen molar-refractivity contribution in [3.05, 3.63) is 35.2 Å². The molecule has 2 unspecified atom stereocenters. The number of amides is 1. The van der Waals surface area contributed by atoms with E-state index in [-0.39, 0.29) is 23.2 Å². The molecule has 2 atom stereocenters. The van der Waals surface area contributed by atoms with Crippen LogP contribution in [0, 0.1) is 28.9 Å². The fraction of sp³-hybridized carbons (Fsp3) is 0.583. The fourth-order valence-corrected chi connectivity index (χ4v) is 5.61. The molecule has 0 radical (unpaired) electrons. The molecule has 1 amide bonds. The first kappa shape index (κ1) is 23.5. The summed E-state index contributed by atoms with van der Waals surface area (Å²) in [6.45, 7) is 2.14. The number of hydrogen-bond donors (Lipinski definition) is 1. The van der Waals surface area contributed by atoms with Crippen molar-refractivity contribution in [2.75, 3.05) is 36.5 Å². The van der Waals surface area contributed by atoms with E-state index in [0.717, 1.165) is 37.8 Å². The highest BCUT2D eigenvalue weighted by Crippen LogP contribution is 2.52. The Morgan fingerprint density at radius 2 is 1.86 bits per heavy atom. The third-order valence-electron chi connectivity index (χ3n) is 7.51. The fourth-order valence-electron chi connectivity index (χ4n) is 5.61. The first-order valence-electron chi connectivity index (χ1n) is 11.9. The van der Waals surface area contributed by atoms with Gasteiger partial charge in [-0.2, -0.15) is 18.2 Å². The molecular weight excluding hydrogens is 489 g/mol. The second-order valence-corrected chi connectivity index (χ2v) is 10.4. The number of benzene rings is 1. The van der Waals surface area contributed by atoms with E-state index in [1.807, 2.05) is 0 Å². The molecule has 2 saturated heterocycles. The maximum atomic E-state index is 14.6. The van der Waals surface area contributed by atoms with Crippen LogP contribution in [-0.2, 0) is 11.2 Å². The Hall–Kier alpha value is -2.89. The van der Waals surface area contributed by atoms with Gasteiger partial charge in [0.15, 0.2) is 23.1 Å². The molecule has 1 spiro atoms. The zero-order valence-electron chi connectivity index (χ0n) is 19.2. The number of nitrogens with one attached hydrogen (secondary N) is 1. The van der Waals surface area contributed by atoms with Crippen LogP contribution in [0.3, 0.4) is 0 Å². The summed E-state index contributed by atoms with van der Waals surface area (Å²) in [5.74, 6) is -3.15. The molecule has 12 heteroatoms. The Balaban J connectivity index is 1.18. The SMILES string of the molecule is O=C(Nc1cc(F)c(OC2CC3CC3C2)c(F)c1)c1nc(N2CC3(CCOC3)C2)oc1CC(F)(F)F. The number of ether oxygens (including phenoxy) is 2. The molecule has 3 heterocycles. The number of carbonyl (C=O) groups excluding carboxylic acids is 1. The summed E-state index contributed by atoms with van der Waals surface area (Å²) >= 11 is 0. The van der Waals surface area contributed by atoms with Gasteiger partial charge in [0.1, 0.15) is 12.2 Å². The minimum Gasteiger partial charge on any atom is -0.484 e. The Morgan fingerprint density at radius 3 is 2.47 bits per heavy atom. The van der Waals surface area contributed by atoms with Gasteiger partial charge in [-0.15, -0.1) is 0 Å². The summed E-state index contributed by atoms with van der Waals surface area (Å²) in [6.07, 6.45) is -2.96. The van der Waals surface area contributed by atoms with Crippen LogP contribution >= 0.6 is 0 Å². The van der Waals surface area contributed by atoms with Gasteiger partial charge in [-0.3, -0.25) is 4.79 Å². The van der Waals surface area contributed by atoms with Crippen molar-refractivity contribution >= 4 is 17.6 Å². The molecule has 36 heavy (non-hydrogen) atoms. The maximum Gasteiger partial charge on any atom is 0.396 e. The van der Waals surface area contributed by atoms with E-state index < -0.39 is 47.3 Å². The molecule has 7 nitrogen and oxygen atoms in total. The normalized spacial score (nSPS) is 26.1. The monoisotopic (exact) mass is 513 g/mol. The third kappa shape index (κ3) is 4.51. The summed E-state index contributed by atoms with van der Waals surface area (Å²) in [7, 11) is 0.